The number of carbonyl (C=O) groups is 1. The van der Waals surface area contributed by atoms with Gasteiger partial charge in [-0.05, 0) is 0 Å². The number of nitrogens with zero attached hydrogens (tertiary/aromatic N) is 1. The standard InChI is InChI=1S/C5H5NO2/c7-4-1-2-6-3-5(4)8/h1-2,7H,3H2. The van der Waals surface area contributed by atoms with Gasteiger partial charge in [-0.3, -0.25) is 9.79 Å². The first-order chi connectivity index (χ1) is 3.80. The second-order valence-electron chi connectivity index (χ2n) is 1.46. The van der Waals surface area contributed by atoms with Crippen molar-refractivity contribution in [2.45, 2.75) is 0 Å². The number of ketones is 1. The molecule has 0 amide bonds. The van der Waals surface area contributed by atoms with E-state index in [1.165, 1.54) is 12.3 Å². The molecule has 1 aliphatic rings. The van der Waals surface area contributed by atoms with Crippen LogP contribution in [0.4, 0.5) is 0 Å². The molecule has 3 nitrogen and oxygen atoms in total. The van der Waals surface area contributed by atoms with E-state index >= 15 is 0 Å². The van der Waals surface area contributed by atoms with Gasteiger partial charge in [0.25, 0.3) is 0 Å². The molecule has 42 valence electrons. The summed E-state index contributed by atoms with van der Waals surface area (Å²) in [4.78, 5) is 14.0. The summed E-state index contributed by atoms with van der Waals surface area (Å²) in [5.41, 5.74) is 0. The molecule has 0 bridgehead atoms. The highest BCUT2D eigenvalue weighted by molar-refractivity contribution is 6.01. The molecule has 0 atom stereocenters. The van der Waals surface area contributed by atoms with Gasteiger partial charge in [-0.2, -0.15) is 0 Å². The Morgan fingerprint density at radius 3 is 2.88 bits per heavy atom. The third-order valence-electron chi connectivity index (χ3n) is 0.858. The molecule has 0 radical (unpaired) electrons. The zero-order valence-electron chi connectivity index (χ0n) is 4.16. The smallest absolute Gasteiger partial charge is 0.218 e. The SMILES string of the molecule is O=C1CN=CC=C1O. The normalized spacial score (nSPS) is 18.5. The molecule has 0 spiro atoms. The largest absolute Gasteiger partial charge is 0.504 e. The van der Waals surface area contributed by atoms with Gasteiger partial charge >= 0.3 is 0 Å². The van der Waals surface area contributed by atoms with E-state index in [9.17, 15) is 4.79 Å². The molecule has 8 heavy (non-hydrogen) atoms. The Labute approximate surface area is 46.4 Å². The number of carbonyl (C=O) groups excluding carboxylic acids is 1. The quantitative estimate of drug-likeness (QED) is 0.481. The minimum Gasteiger partial charge on any atom is -0.504 e. The molecular formula is C5H5NO2. The van der Waals surface area contributed by atoms with Crippen LogP contribution in [0.1, 0.15) is 0 Å². The molecule has 1 aliphatic heterocycles. The summed E-state index contributed by atoms with van der Waals surface area (Å²) in [6, 6.07) is 0. The molecule has 3 heteroatoms. The van der Waals surface area contributed by atoms with Crippen LogP contribution < -0.4 is 0 Å². The van der Waals surface area contributed by atoms with Gasteiger partial charge in [0, 0.05) is 12.3 Å². The highest BCUT2D eigenvalue weighted by Crippen LogP contribution is 1.94. The maximum atomic E-state index is 10.4. The van der Waals surface area contributed by atoms with Crippen molar-refractivity contribution in [3.8, 4) is 0 Å². The molecule has 0 aromatic heterocycles. The lowest BCUT2D eigenvalue weighted by Gasteiger charge is -1.96. The maximum Gasteiger partial charge on any atom is 0.218 e. The van der Waals surface area contributed by atoms with Crippen molar-refractivity contribution < 1.29 is 9.90 Å². The van der Waals surface area contributed by atoms with E-state index in [-0.39, 0.29) is 18.1 Å². The van der Waals surface area contributed by atoms with Gasteiger partial charge < -0.3 is 5.11 Å². The number of aliphatic hydroxyl groups is 1. The highest BCUT2D eigenvalue weighted by atomic mass is 16.3. The predicted octanol–water partition coefficient (Wildman–Crippen LogP) is 0.0818. The maximum absolute atomic E-state index is 10.4. The van der Waals surface area contributed by atoms with Gasteiger partial charge in [-0.25, -0.2) is 0 Å². The minimum atomic E-state index is -0.312. The fraction of sp³-hybridized carbons (Fsp3) is 0.200. The number of allylic oxidation sites excluding steroid dienone is 1. The Morgan fingerprint density at radius 2 is 2.50 bits per heavy atom. The number of hydrogen-bond acceptors (Lipinski definition) is 3. The molecule has 0 aromatic rings. The second-order valence-corrected chi connectivity index (χ2v) is 1.46. The zero-order valence-corrected chi connectivity index (χ0v) is 4.16. The number of aliphatic imine (C=N–C) groups is 1. The highest BCUT2D eigenvalue weighted by Gasteiger charge is 2.06. The van der Waals surface area contributed by atoms with E-state index in [1.807, 2.05) is 0 Å². The number of aliphatic hydroxyl groups excluding tert-OH is 1. The lowest BCUT2D eigenvalue weighted by molar-refractivity contribution is -0.116. The third-order valence-corrected chi connectivity index (χ3v) is 0.858. The van der Waals surface area contributed by atoms with Gasteiger partial charge in [-0.1, -0.05) is 0 Å². The van der Waals surface area contributed by atoms with E-state index in [2.05, 4.69) is 4.99 Å². The molecule has 0 aromatic carbocycles. The Morgan fingerprint density at radius 1 is 1.75 bits per heavy atom. The van der Waals surface area contributed by atoms with E-state index in [4.69, 9.17) is 5.11 Å². The topological polar surface area (TPSA) is 49.7 Å². The number of hydrogen-bond donors (Lipinski definition) is 1. The van der Waals surface area contributed by atoms with Gasteiger partial charge in [0.2, 0.25) is 5.78 Å². The summed E-state index contributed by atoms with van der Waals surface area (Å²) in [6.45, 7) is 0.0856. The van der Waals surface area contributed by atoms with E-state index < -0.39 is 0 Å². The van der Waals surface area contributed by atoms with Crippen molar-refractivity contribution in [1.82, 2.24) is 0 Å². The Kier molecular flexibility index (Phi) is 1.12. The summed E-state index contributed by atoms with van der Waals surface area (Å²) >= 11 is 0. The van der Waals surface area contributed by atoms with Gasteiger partial charge in [0.15, 0.2) is 5.76 Å². The molecule has 0 saturated carbocycles. The van der Waals surface area contributed by atoms with Crippen LogP contribution in [-0.2, 0) is 4.79 Å². The molecule has 1 N–H and O–H groups in total. The Hall–Kier alpha value is -1.12. The van der Waals surface area contributed by atoms with Crippen molar-refractivity contribution in [2.75, 3.05) is 6.54 Å². The van der Waals surface area contributed by atoms with Gasteiger partial charge in [0.05, 0.1) is 0 Å². The fourth-order valence-electron chi connectivity index (χ4n) is 0.433. The summed E-state index contributed by atoms with van der Waals surface area (Å²) in [7, 11) is 0. The van der Waals surface area contributed by atoms with Crippen LogP contribution in [0.15, 0.2) is 16.8 Å². The van der Waals surface area contributed by atoms with Crippen LogP contribution >= 0.6 is 0 Å². The number of dihydropyridines is 1. The third kappa shape index (κ3) is 0.753. The molecule has 1 rings (SSSR count). The molecule has 0 unspecified atom stereocenters. The van der Waals surface area contributed by atoms with Crippen LogP contribution in [0.25, 0.3) is 0 Å². The first-order valence-corrected chi connectivity index (χ1v) is 2.23. The molecule has 0 fully saturated rings. The fourth-order valence-corrected chi connectivity index (χ4v) is 0.433. The Balaban J connectivity index is 2.80. The van der Waals surface area contributed by atoms with Gasteiger partial charge in [0.1, 0.15) is 6.54 Å². The zero-order chi connectivity index (χ0) is 5.98. The average Bonchev–Trinajstić information content (AvgIpc) is 1.77. The molecule has 0 saturated heterocycles. The van der Waals surface area contributed by atoms with Crippen molar-refractivity contribution in [1.29, 1.82) is 0 Å². The van der Waals surface area contributed by atoms with Crippen LogP contribution in [-0.4, -0.2) is 23.6 Å². The lowest BCUT2D eigenvalue weighted by atomic mass is 10.3. The number of rotatable bonds is 0. The molecule has 0 aliphatic carbocycles. The minimum absolute atomic E-state index is 0.0856. The first kappa shape index (κ1) is 5.03. The monoisotopic (exact) mass is 111 g/mol. The van der Waals surface area contributed by atoms with Crippen LogP contribution in [0, 0.1) is 0 Å². The summed E-state index contributed by atoms with van der Waals surface area (Å²) < 4.78 is 0. The van der Waals surface area contributed by atoms with Crippen molar-refractivity contribution >= 4 is 12.0 Å². The van der Waals surface area contributed by atoms with Gasteiger partial charge in [-0.15, -0.1) is 0 Å². The van der Waals surface area contributed by atoms with E-state index in [0.29, 0.717) is 0 Å². The molecule has 1 heterocycles. The lowest BCUT2D eigenvalue weighted by Crippen LogP contribution is -2.09. The predicted molar refractivity (Wildman–Crippen MR) is 29.1 cm³/mol. The summed E-state index contributed by atoms with van der Waals surface area (Å²) in [5.74, 6) is -0.507. The van der Waals surface area contributed by atoms with Crippen LogP contribution in [0.5, 0.6) is 0 Å². The summed E-state index contributed by atoms with van der Waals surface area (Å²) in [5, 5.41) is 8.60. The number of Topliss-reactive ketones (excluding diaryl/α,β-unsaturated/α-hetero) is 1. The van der Waals surface area contributed by atoms with Crippen LogP contribution in [0.2, 0.25) is 0 Å². The van der Waals surface area contributed by atoms with E-state index in [0.717, 1.165) is 0 Å². The second kappa shape index (κ2) is 1.78. The van der Waals surface area contributed by atoms with Crippen molar-refractivity contribution in [3.05, 3.63) is 11.8 Å². The van der Waals surface area contributed by atoms with Crippen LogP contribution in [0.3, 0.4) is 0 Å². The van der Waals surface area contributed by atoms with E-state index in [1.54, 1.807) is 0 Å². The average molecular weight is 111 g/mol. The first-order valence-electron chi connectivity index (χ1n) is 2.23. The Bertz CT molecular complexity index is 169. The van der Waals surface area contributed by atoms with Crippen molar-refractivity contribution in [3.63, 3.8) is 0 Å². The summed E-state index contributed by atoms with van der Waals surface area (Å²) in [6.07, 6.45) is 2.70. The molecular weight excluding hydrogens is 106 g/mol. The van der Waals surface area contributed by atoms with Crippen molar-refractivity contribution in [2.24, 2.45) is 4.99 Å².